The van der Waals surface area contributed by atoms with Crippen molar-refractivity contribution in [1.82, 2.24) is 9.80 Å². The molecule has 3 unspecified atom stereocenters. The van der Waals surface area contributed by atoms with Crippen LogP contribution in [0.1, 0.15) is 38.5 Å². The average Bonchev–Trinajstić information content (AvgIpc) is 3.08. The maximum atomic E-state index is 12.6. The number of amides is 2. The zero-order valence-corrected chi connectivity index (χ0v) is 13.2. The van der Waals surface area contributed by atoms with Gasteiger partial charge in [-0.1, -0.05) is 6.42 Å². The number of piperazine rings is 1. The normalized spacial score (nSPS) is 33.0. The Balaban J connectivity index is 1.48. The standard InChI is InChI=1S/C16H27N3O3/c17-13-4-1-3-12(11-13)15(20)18-6-8-19(9-7-18)16(21)14-5-2-10-22-14/h12-14H,1-11,17H2. The van der Waals surface area contributed by atoms with Crippen LogP contribution in [0.15, 0.2) is 0 Å². The molecule has 3 fully saturated rings. The first-order chi connectivity index (χ1) is 10.6. The summed E-state index contributed by atoms with van der Waals surface area (Å²) in [6.45, 7) is 3.23. The highest BCUT2D eigenvalue weighted by atomic mass is 16.5. The quantitative estimate of drug-likeness (QED) is 0.799. The van der Waals surface area contributed by atoms with Gasteiger partial charge in [-0.25, -0.2) is 0 Å². The van der Waals surface area contributed by atoms with Gasteiger partial charge in [0, 0.05) is 44.7 Å². The SMILES string of the molecule is NC1CCCC(C(=O)N2CCN(C(=O)C3CCCO3)CC2)C1. The fourth-order valence-corrected chi connectivity index (χ4v) is 3.83. The molecule has 124 valence electrons. The average molecular weight is 309 g/mol. The molecule has 0 bridgehead atoms. The molecule has 2 heterocycles. The van der Waals surface area contributed by atoms with Gasteiger partial charge in [-0.2, -0.15) is 0 Å². The minimum Gasteiger partial charge on any atom is -0.368 e. The van der Waals surface area contributed by atoms with Crippen molar-refractivity contribution >= 4 is 11.8 Å². The number of hydrogen-bond donors (Lipinski definition) is 1. The van der Waals surface area contributed by atoms with Crippen LogP contribution in [-0.2, 0) is 14.3 Å². The lowest BCUT2D eigenvalue weighted by atomic mass is 9.85. The number of carbonyl (C=O) groups is 2. The third-order valence-electron chi connectivity index (χ3n) is 5.17. The zero-order valence-electron chi connectivity index (χ0n) is 13.2. The van der Waals surface area contributed by atoms with Gasteiger partial charge in [-0.05, 0) is 32.1 Å². The predicted molar refractivity (Wildman–Crippen MR) is 82.1 cm³/mol. The van der Waals surface area contributed by atoms with Crippen molar-refractivity contribution in [3.8, 4) is 0 Å². The van der Waals surface area contributed by atoms with Crippen LogP contribution in [0.25, 0.3) is 0 Å². The van der Waals surface area contributed by atoms with Gasteiger partial charge in [0.1, 0.15) is 6.10 Å². The van der Waals surface area contributed by atoms with Crippen molar-refractivity contribution in [1.29, 1.82) is 0 Å². The van der Waals surface area contributed by atoms with E-state index in [-0.39, 0.29) is 29.9 Å². The lowest BCUT2D eigenvalue weighted by molar-refractivity contribution is -0.147. The topological polar surface area (TPSA) is 75.9 Å². The predicted octanol–water partition coefficient (Wildman–Crippen LogP) is 0.354. The maximum Gasteiger partial charge on any atom is 0.251 e. The van der Waals surface area contributed by atoms with E-state index in [0.717, 1.165) is 38.5 Å². The van der Waals surface area contributed by atoms with Crippen LogP contribution in [0.3, 0.4) is 0 Å². The molecular weight excluding hydrogens is 282 g/mol. The number of rotatable bonds is 2. The summed E-state index contributed by atoms with van der Waals surface area (Å²) in [5, 5.41) is 0. The zero-order chi connectivity index (χ0) is 15.5. The second-order valence-electron chi connectivity index (χ2n) is 6.78. The second kappa shape index (κ2) is 6.96. The summed E-state index contributed by atoms with van der Waals surface area (Å²) in [5.74, 6) is 0.424. The van der Waals surface area contributed by atoms with E-state index in [1.165, 1.54) is 0 Å². The van der Waals surface area contributed by atoms with E-state index < -0.39 is 0 Å². The van der Waals surface area contributed by atoms with E-state index in [4.69, 9.17) is 10.5 Å². The Hall–Kier alpha value is -1.14. The Morgan fingerprint density at radius 1 is 0.909 bits per heavy atom. The van der Waals surface area contributed by atoms with Gasteiger partial charge in [0.25, 0.3) is 5.91 Å². The molecule has 1 saturated carbocycles. The van der Waals surface area contributed by atoms with Gasteiger partial charge in [0.15, 0.2) is 0 Å². The van der Waals surface area contributed by atoms with Crippen molar-refractivity contribution in [2.45, 2.75) is 50.7 Å². The van der Waals surface area contributed by atoms with E-state index >= 15 is 0 Å². The third-order valence-corrected chi connectivity index (χ3v) is 5.17. The molecule has 6 heteroatoms. The van der Waals surface area contributed by atoms with Gasteiger partial charge >= 0.3 is 0 Å². The molecule has 2 N–H and O–H groups in total. The number of nitrogens with zero attached hydrogens (tertiary/aromatic N) is 2. The molecular formula is C16H27N3O3. The fourth-order valence-electron chi connectivity index (χ4n) is 3.83. The summed E-state index contributed by atoms with van der Waals surface area (Å²) >= 11 is 0. The highest BCUT2D eigenvalue weighted by molar-refractivity contribution is 5.82. The maximum absolute atomic E-state index is 12.6. The number of carbonyl (C=O) groups excluding carboxylic acids is 2. The van der Waals surface area contributed by atoms with Crippen LogP contribution in [0.4, 0.5) is 0 Å². The lowest BCUT2D eigenvalue weighted by Crippen LogP contribution is -2.54. The molecule has 3 rings (SSSR count). The number of ether oxygens (including phenoxy) is 1. The van der Waals surface area contributed by atoms with Crippen molar-refractivity contribution in [3.63, 3.8) is 0 Å². The van der Waals surface area contributed by atoms with E-state index in [1.807, 2.05) is 9.80 Å². The Morgan fingerprint density at radius 2 is 1.59 bits per heavy atom. The van der Waals surface area contributed by atoms with Gasteiger partial charge < -0.3 is 20.3 Å². The van der Waals surface area contributed by atoms with Crippen LogP contribution in [0.5, 0.6) is 0 Å². The number of hydrogen-bond acceptors (Lipinski definition) is 4. The minimum atomic E-state index is -0.251. The smallest absolute Gasteiger partial charge is 0.251 e. The Morgan fingerprint density at radius 3 is 2.18 bits per heavy atom. The second-order valence-corrected chi connectivity index (χ2v) is 6.78. The van der Waals surface area contributed by atoms with E-state index in [0.29, 0.717) is 32.8 Å². The molecule has 2 saturated heterocycles. The van der Waals surface area contributed by atoms with E-state index in [9.17, 15) is 9.59 Å². The van der Waals surface area contributed by atoms with Crippen molar-refractivity contribution in [3.05, 3.63) is 0 Å². The lowest BCUT2D eigenvalue weighted by Gasteiger charge is -2.38. The van der Waals surface area contributed by atoms with Gasteiger partial charge in [-0.3, -0.25) is 9.59 Å². The molecule has 6 nitrogen and oxygen atoms in total. The number of nitrogens with two attached hydrogens (primary N) is 1. The largest absolute Gasteiger partial charge is 0.368 e. The van der Waals surface area contributed by atoms with Crippen molar-refractivity contribution in [2.24, 2.45) is 11.7 Å². The van der Waals surface area contributed by atoms with Gasteiger partial charge in [-0.15, -0.1) is 0 Å². The summed E-state index contributed by atoms with van der Waals surface area (Å²) in [4.78, 5) is 28.6. The minimum absolute atomic E-state index is 0.0872. The Bertz CT molecular complexity index is 415. The first-order valence-corrected chi connectivity index (χ1v) is 8.60. The summed E-state index contributed by atoms with van der Waals surface area (Å²) in [7, 11) is 0. The van der Waals surface area contributed by atoms with Crippen LogP contribution >= 0.6 is 0 Å². The molecule has 2 aliphatic heterocycles. The highest BCUT2D eigenvalue weighted by Gasteiger charge is 2.34. The van der Waals surface area contributed by atoms with Gasteiger partial charge in [0.05, 0.1) is 0 Å². The molecule has 0 radical (unpaired) electrons. The summed E-state index contributed by atoms with van der Waals surface area (Å²) < 4.78 is 5.46. The van der Waals surface area contributed by atoms with E-state index in [1.54, 1.807) is 0 Å². The monoisotopic (exact) mass is 309 g/mol. The van der Waals surface area contributed by atoms with Crippen LogP contribution in [0.2, 0.25) is 0 Å². The van der Waals surface area contributed by atoms with Crippen molar-refractivity contribution in [2.75, 3.05) is 32.8 Å². The fraction of sp³-hybridized carbons (Fsp3) is 0.875. The molecule has 0 aromatic carbocycles. The Labute approximate surface area is 131 Å². The Kier molecular flexibility index (Phi) is 4.98. The van der Waals surface area contributed by atoms with E-state index in [2.05, 4.69) is 0 Å². The molecule has 0 aromatic heterocycles. The van der Waals surface area contributed by atoms with Crippen LogP contribution in [0, 0.1) is 5.92 Å². The first-order valence-electron chi connectivity index (χ1n) is 8.60. The molecule has 3 aliphatic rings. The summed E-state index contributed by atoms with van der Waals surface area (Å²) in [6.07, 6.45) is 5.41. The molecule has 0 spiro atoms. The highest BCUT2D eigenvalue weighted by Crippen LogP contribution is 2.25. The molecule has 3 atom stereocenters. The molecule has 22 heavy (non-hydrogen) atoms. The molecule has 0 aromatic rings. The summed E-state index contributed by atoms with van der Waals surface area (Å²) in [5.41, 5.74) is 5.99. The first kappa shape index (κ1) is 15.7. The molecule has 2 amide bonds. The molecule has 1 aliphatic carbocycles. The van der Waals surface area contributed by atoms with Gasteiger partial charge in [0.2, 0.25) is 5.91 Å². The summed E-state index contributed by atoms with van der Waals surface area (Å²) in [6, 6.07) is 0.171. The van der Waals surface area contributed by atoms with Crippen LogP contribution < -0.4 is 5.73 Å². The van der Waals surface area contributed by atoms with Crippen LogP contribution in [-0.4, -0.2) is 66.5 Å². The van der Waals surface area contributed by atoms with Crippen molar-refractivity contribution < 1.29 is 14.3 Å². The third kappa shape index (κ3) is 3.43.